The number of aromatic hydroxyl groups is 1. The van der Waals surface area contributed by atoms with Crippen molar-refractivity contribution in [1.82, 2.24) is 4.90 Å². The molecular formula is C13H12BrNO4S2. The van der Waals surface area contributed by atoms with Crippen LogP contribution in [0.1, 0.15) is 5.56 Å². The van der Waals surface area contributed by atoms with E-state index < -0.39 is 0 Å². The fraction of sp³-hybridized carbons (Fsp3) is 0.231. The Hall–Kier alpha value is -1.09. The first-order valence-corrected chi connectivity index (χ1v) is 7.92. The Balaban J connectivity index is 2.35. The summed E-state index contributed by atoms with van der Waals surface area (Å²) >= 11 is 9.52. The Morgan fingerprint density at radius 1 is 1.52 bits per heavy atom. The molecule has 0 atom stereocenters. The minimum absolute atomic E-state index is 0.00230. The van der Waals surface area contributed by atoms with E-state index in [2.05, 4.69) is 15.9 Å². The first-order valence-electron chi connectivity index (χ1n) is 5.90. The molecule has 0 spiro atoms. The second kappa shape index (κ2) is 6.78. The van der Waals surface area contributed by atoms with Gasteiger partial charge in [-0.1, -0.05) is 24.0 Å². The quantitative estimate of drug-likeness (QED) is 0.608. The summed E-state index contributed by atoms with van der Waals surface area (Å²) in [4.78, 5) is 14.0. The fourth-order valence-corrected chi connectivity index (χ4v) is 3.55. The van der Waals surface area contributed by atoms with Crippen LogP contribution in [0.15, 0.2) is 21.5 Å². The lowest BCUT2D eigenvalue weighted by Gasteiger charge is -2.11. The van der Waals surface area contributed by atoms with E-state index >= 15 is 0 Å². The molecule has 1 saturated heterocycles. The SMILES string of the molecule is COc1cc(/C=C2\SC(=S)N(CCO)C2=O)cc(Br)c1O. The zero-order valence-corrected chi connectivity index (χ0v) is 14.2. The number of aliphatic hydroxyl groups is 1. The van der Waals surface area contributed by atoms with E-state index in [0.29, 0.717) is 25.0 Å². The number of aliphatic hydroxyl groups excluding tert-OH is 1. The van der Waals surface area contributed by atoms with E-state index in [1.165, 1.54) is 23.8 Å². The zero-order valence-electron chi connectivity index (χ0n) is 11.0. The lowest BCUT2D eigenvalue weighted by atomic mass is 10.2. The summed E-state index contributed by atoms with van der Waals surface area (Å²) in [7, 11) is 1.45. The molecule has 8 heteroatoms. The summed E-state index contributed by atoms with van der Waals surface area (Å²) < 4.78 is 5.96. The molecule has 0 aromatic heterocycles. The number of amides is 1. The van der Waals surface area contributed by atoms with Crippen molar-refractivity contribution in [1.29, 1.82) is 0 Å². The highest BCUT2D eigenvalue weighted by Crippen LogP contribution is 2.38. The number of hydrogen-bond donors (Lipinski definition) is 2. The number of thiocarbonyl (C=S) groups is 1. The number of methoxy groups -OCH3 is 1. The minimum atomic E-state index is -0.234. The van der Waals surface area contributed by atoms with E-state index in [9.17, 15) is 9.90 Å². The van der Waals surface area contributed by atoms with Gasteiger partial charge in [-0.2, -0.15) is 0 Å². The van der Waals surface area contributed by atoms with Crippen molar-refractivity contribution >= 4 is 56.2 Å². The van der Waals surface area contributed by atoms with Gasteiger partial charge in [-0.25, -0.2) is 0 Å². The molecule has 1 amide bonds. The monoisotopic (exact) mass is 389 g/mol. The minimum Gasteiger partial charge on any atom is -0.503 e. The van der Waals surface area contributed by atoms with Gasteiger partial charge in [0.25, 0.3) is 5.91 Å². The smallest absolute Gasteiger partial charge is 0.266 e. The maximum atomic E-state index is 12.2. The molecule has 2 rings (SSSR count). The van der Waals surface area contributed by atoms with Crippen LogP contribution in [-0.4, -0.2) is 45.6 Å². The van der Waals surface area contributed by atoms with Gasteiger partial charge >= 0.3 is 0 Å². The van der Waals surface area contributed by atoms with E-state index in [1.54, 1.807) is 18.2 Å². The first-order chi connectivity index (χ1) is 9.97. The van der Waals surface area contributed by atoms with Gasteiger partial charge in [0.1, 0.15) is 4.32 Å². The number of rotatable bonds is 4. The number of nitrogens with zero attached hydrogens (tertiary/aromatic N) is 1. The average molecular weight is 390 g/mol. The van der Waals surface area contributed by atoms with Crippen molar-refractivity contribution in [2.75, 3.05) is 20.3 Å². The third kappa shape index (κ3) is 3.39. The number of thioether (sulfide) groups is 1. The van der Waals surface area contributed by atoms with Crippen LogP contribution in [0.25, 0.3) is 6.08 Å². The molecule has 0 radical (unpaired) electrons. The van der Waals surface area contributed by atoms with Crippen LogP contribution >= 0.6 is 39.9 Å². The molecule has 1 heterocycles. The predicted molar refractivity (Wildman–Crippen MR) is 89.3 cm³/mol. The number of β-amino-alcohol motifs (C(OH)–C–C–N with tert-alkyl or cyclic N) is 1. The highest BCUT2D eigenvalue weighted by atomic mass is 79.9. The summed E-state index contributed by atoms with van der Waals surface area (Å²) in [6.45, 7) is 0.0445. The van der Waals surface area contributed by atoms with Gasteiger partial charge in [0.15, 0.2) is 11.5 Å². The Kier molecular flexibility index (Phi) is 5.26. The predicted octanol–water partition coefficient (Wildman–Crippen LogP) is 2.36. The van der Waals surface area contributed by atoms with Crippen LogP contribution < -0.4 is 4.74 Å². The topological polar surface area (TPSA) is 70.0 Å². The molecular weight excluding hydrogens is 378 g/mol. The molecule has 1 aliphatic heterocycles. The van der Waals surface area contributed by atoms with Crippen molar-refractivity contribution in [3.05, 3.63) is 27.1 Å². The summed E-state index contributed by atoms with van der Waals surface area (Å²) in [6, 6.07) is 3.30. The van der Waals surface area contributed by atoms with Crippen LogP contribution in [0.2, 0.25) is 0 Å². The van der Waals surface area contributed by atoms with Gasteiger partial charge in [0.05, 0.1) is 29.6 Å². The van der Waals surface area contributed by atoms with Gasteiger partial charge in [-0.3, -0.25) is 9.69 Å². The molecule has 5 nitrogen and oxygen atoms in total. The Morgan fingerprint density at radius 2 is 2.24 bits per heavy atom. The number of phenolic OH excluding ortho intramolecular Hbond substituents is 1. The molecule has 0 saturated carbocycles. The van der Waals surface area contributed by atoms with Crippen molar-refractivity contribution < 1.29 is 19.7 Å². The van der Waals surface area contributed by atoms with E-state index in [1.807, 2.05) is 0 Å². The molecule has 1 aromatic rings. The van der Waals surface area contributed by atoms with E-state index in [-0.39, 0.29) is 24.8 Å². The molecule has 1 aliphatic rings. The van der Waals surface area contributed by atoms with Gasteiger partial charge in [-0.15, -0.1) is 0 Å². The summed E-state index contributed by atoms with van der Waals surface area (Å²) in [5, 5.41) is 18.7. The van der Waals surface area contributed by atoms with Crippen LogP contribution in [0.5, 0.6) is 11.5 Å². The number of carbonyl (C=O) groups excluding carboxylic acids is 1. The van der Waals surface area contributed by atoms with E-state index in [0.717, 1.165) is 0 Å². The maximum Gasteiger partial charge on any atom is 0.266 e. The van der Waals surface area contributed by atoms with Crippen molar-refractivity contribution in [3.63, 3.8) is 0 Å². The second-order valence-corrected chi connectivity index (χ2v) is 6.64. The number of benzene rings is 1. The molecule has 2 N–H and O–H groups in total. The van der Waals surface area contributed by atoms with Crippen LogP contribution in [-0.2, 0) is 4.79 Å². The maximum absolute atomic E-state index is 12.2. The van der Waals surface area contributed by atoms with Gasteiger partial charge in [0.2, 0.25) is 0 Å². The lowest BCUT2D eigenvalue weighted by Crippen LogP contribution is -2.30. The molecule has 21 heavy (non-hydrogen) atoms. The third-order valence-corrected chi connectivity index (χ3v) is 4.75. The van der Waals surface area contributed by atoms with Crippen molar-refractivity contribution in [3.8, 4) is 11.5 Å². The largest absolute Gasteiger partial charge is 0.503 e. The zero-order chi connectivity index (χ0) is 15.6. The van der Waals surface area contributed by atoms with Gasteiger partial charge in [-0.05, 0) is 39.7 Å². The van der Waals surface area contributed by atoms with Crippen LogP contribution in [0.4, 0.5) is 0 Å². The normalized spacial score (nSPS) is 16.9. The van der Waals surface area contributed by atoms with Crippen molar-refractivity contribution in [2.24, 2.45) is 0 Å². The summed E-state index contributed by atoms with van der Waals surface area (Å²) in [5.74, 6) is 0.0751. The van der Waals surface area contributed by atoms with Crippen molar-refractivity contribution in [2.45, 2.75) is 0 Å². The van der Waals surface area contributed by atoms with Gasteiger partial charge < -0.3 is 14.9 Å². The molecule has 0 bridgehead atoms. The third-order valence-electron chi connectivity index (χ3n) is 2.77. The Morgan fingerprint density at radius 3 is 2.86 bits per heavy atom. The fourth-order valence-electron chi connectivity index (χ4n) is 1.78. The molecule has 112 valence electrons. The Bertz CT molecular complexity index is 633. The molecule has 1 fully saturated rings. The number of halogens is 1. The standard InChI is InChI=1S/C13H12BrNO4S2/c1-19-9-5-7(4-8(14)11(9)17)6-10-12(18)15(2-3-16)13(20)21-10/h4-6,16-17H,2-3H2,1H3/b10-6-. The molecule has 0 unspecified atom stereocenters. The number of hydrogen-bond acceptors (Lipinski definition) is 6. The summed E-state index contributed by atoms with van der Waals surface area (Å²) in [6.07, 6.45) is 1.67. The number of phenols is 1. The average Bonchev–Trinajstić information content (AvgIpc) is 2.70. The highest BCUT2D eigenvalue weighted by Gasteiger charge is 2.31. The van der Waals surface area contributed by atoms with Crippen LogP contribution in [0.3, 0.4) is 0 Å². The van der Waals surface area contributed by atoms with Gasteiger partial charge in [0, 0.05) is 0 Å². The van der Waals surface area contributed by atoms with E-state index in [4.69, 9.17) is 22.1 Å². The van der Waals surface area contributed by atoms with Crippen LogP contribution in [0, 0.1) is 0 Å². The summed E-state index contributed by atoms with van der Waals surface area (Å²) in [5.41, 5.74) is 0.695. The molecule has 1 aromatic carbocycles. The lowest BCUT2D eigenvalue weighted by molar-refractivity contribution is -0.122. The number of ether oxygens (including phenoxy) is 1. The second-order valence-electron chi connectivity index (χ2n) is 4.11. The first kappa shape index (κ1) is 16.3. The number of carbonyl (C=O) groups is 1. The Labute approximate surface area is 139 Å². The molecule has 0 aliphatic carbocycles. The highest BCUT2D eigenvalue weighted by molar-refractivity contribution is 9.10.